The monoisotopic (exact) mass is 497 g/mol. The number of carboxylic acid groups (broad SMARTS) is 1. The van der Waals surface area contributed by atoms with Gasteiger partial charge >= 0.3 is 12.1 Å². The summed E-state index contributed by atoms with van der Waals surface area (Å²) in [6.45, 7) is 4.00. The first kappa shape index (κ1) is 27.5. The van der Waals surface area contributed by atoms with E-state index in [2.05, 4.69) is 9.97 Å². The molecule has 11 heteroatoms. The maximum atomic E-state index is 13.5. The maximum absolute atomic E-state index is 13.5. The van der Waals surface area contributed by atoms with Crippen LogP contribution in [0.5, 0.6) is 0 Å². The van der Waals surface area contributed by atoms with Crippen molar-refractivity contribution in [3.8, 4) is 11.1 Å². The Kier molecular flexibility index (Phi) is 11.6. The second-order valence-electron chi connectivity index (χ2n) is 6.18. The zero-order valence-electron chi connectivity index (χ0n) is 17.0. The molecule has 0 aliphatic heterocycles. The fourth-order valence-corrected chi connectivity index (χ4v) is 4.00. The number of thioether (sulfide) groups is 1. The highest BCUT2D eigenvalue weighted by Gasteiger charge is 2.42. The maximum Gasteiger partial charge on any atom is 0.398 e. The quantitative estimate of drug-likeness (QED) is 0.410. The summed E-state index contributed by atoms with van der Waals surface area (Å²) >= 11 is 13.2. The van der Waals surface area contributed by atoms with Gasteiger partial charge < -0.3 is 10.8 Å². The predicted molar refractivity (Wildman–Crippen MR) is 120 cm³/mol. The lowest BCUT2D eigenvalue weighted by Crippen LogP contribution is -2.30. The fraction of sp³-hybridized carbons (Fsp3) is 0.450. The van der Waals surface area contributed by atoms with Gasteiger partial charge in [-0.25, -0.2) is 9.97 Å². The SMILES string of the molecule is CC.NC(CCSCCC(c1ncc(-c2ccc(Cl)cc2Cl)cn1)C(F)(F)F)C(=O)O. The number of nitrogens with zero attached hydrogens (tertiary/aromatic N) is 2. The van der Waals surface area contributed by atoms with Crippen LogP contribution in [-0.4, -0.2) is 44.8 Å². The molecule has 0 amide bonds. The number of alkyl halides is 3. The molecule has 0 aliphatic carbocycles. The Hall–Kier alpha value is -1.55. The van der Waals surface area contributed by atoms with E-state index >= 15 is 0 Å². The predicted octanol–water partition coefficient (Wildman–Crippen LogP) is 6.05. The molecule has 0 saturated heterocycles. The number of hydrogen-bond donors (Lipinski definition) is 2. The summed E-state index contributed by atoms with van der Waals surface area (Å²) in [7, 11) is 0. The Morgan fingerprint density at radius 1 is 1.16 bits per heavy atom. The number of carboxylic acids is 1. The smallest absolute Gasteiger partial charge is 0.398 e. The van der Waals surface area contributed by atoms with Crippen molar-refractivity contribution < 1.29 is 23.1 Å². The summed E-state index contributed by atoms with van der Waals surface area (Å²) in [6, 6.07) is 3.76. The van der Waals surface area contributed by atoms with Crippen LogP contribution in [0.25, 0.3) is 11.1 Å². The summed E-state index contributed by atoms with van der Waals surface area (Å²) in [6.07, 6.45) is -1.94. The third kappa shape index (κ3) is 8.84. The second kappa shape index (κ2) is 13.1. The van der Waals surface area contributed by atoms with E-state index < -0.39 is 24.1 Å². The van der Waals surface area contributed by atoms with Crippen LogP contribution in [0.4, 0.5) is 13.2 Å². The molecule has 2 atom stereocenters. The average molecular weight is 498 g/mol. The molecule has 5 nitrogen and oxygen atoms in total. The van der Waals surface area contributed by atoms with Crippen molar-refractivity contribution >= 4 is 40.9 Å². The zero-order valence-corrected chi connectivity index (χ0v) is 19.3. The van der Waals surface area contributed by atoms with Gasteiger partial charge in [-0.15, -0.1) is 0 Å². The second-order valence-corrected chi connectivity index (χ2v) is 8.25. The van der Waals surface area contributed by atoms with Gasteiger partial charge in [0.1, 0.15) is 17.8 Å². The van der Waals surface area contributed by atoms with Gasteiger partial charge in [0, 0.05) is 33.6 Å². The van der Waals surface area contributed by atoms with Crippen LogP contribution in [0.2, 0.25) is 10.0 Å². The molecule has 1 aromatic carbocycles. The van der Waals surface area contributed by atoms with Gasteiger partial charge in [-0.1, -0.05) is 43.1 Å². The molecule has 2 aromatic rings. The minimum absolute atomic E-state index is 0.171. The van der Waals surface area contributed by atoms with Gasteiger partial charge in [-0.3, -0.25) is 4.79 Å². The highest BCUT2D eigenvalue weighted by atomic mass is 35.5. The van der Waals surface area contributed by atoms with Gasteiger partial charge in [0.15, 0.2) is 0 Å². The van der Waals surface area contributed by atoms with Crippen molar-refractivity contribution in [2.24, 2.45) is 5.73 Å². The molecule has 0 radical (unpaired) electrons. The van der Waals surface area contributed by atoms with E-state index in [9.17, 15) is 18.0 Å². The summed E-state index contributed by atoms with van der Waals surface area (Å²) in [4.78, 5) is 18.5. The normalized spacial score (nSPS) is 13.2. The lowest BCUT2D eigenvalue weighted by molar-refractivity contribution is -0.152. The van der Waals surface area contributed by atoms with Gasteiger partial charge in [-0.2, -0.15) is 24.9 Å². The number of aromatic nitrogens is 2. The van der Waals surface area contributed by atoms with Crippen LogP contribution in [0.1, 0.15) is 38.4 Å². The van der Waals surface area contributed by atoms with Gasteiger partial charge in [0.2, 0.25) is 0 Å². The Morgan fingerprint density at radius 3 is 2.26 bits per heavy atom. The highest BCUT2D eigenvalue weighted by Crippen LogP contribution is 2.37. The molecule has 0 spiro atoms. The van der Waals surface area contributed by atoms with E-state index in [0.29, 0.717) is 26.9 Å². The first-order valence-electron chi connectivity index (χ1n) is 9.49. The molecule has 172 valence electrons. The molecule has 1 heterocycles. The van der Waals surface area contributed by atoms with E-state index in [4.69, 9.17) is 34.0 Å². The Balaban J connectivity index is 0.00000233. The van der Waals surface area contributed by atoms with Crippen LogP contribution in [-0.2, 0) is 4.79 Å². The van der Waals surface area contributed by atoms with Crippen molar-refractivity contribution in [1.82, 2.24) is 9.97 Å². The highest BCUT2D eigenvalue weighted by molar-refractivity contribution is 7.99. The Bertz CT molecular complexity index is 839. The molecule has 31 heavy (non-hydrogen) atoms. The third-order valence-electron chi connectivity index (χ3n) is 4.06. The number of carbonyl (C=O) groups is 1. The minimum atomic E-state index is -4.50. The van der Waals surface area contributed by atoms with Crippen molar-refractivity contribution in [2.45, 2.75) is 44.8 Å². The van der Waals surface area contributed by atoms with Gasteiger partial charge in [0.25, 0.3) is 0 Å². The number of benzene rings is 1. The van der Waals surface area contributed by atoms with Crippen molar-refractivity contribution in [3.05, 3.63) is 46.5 Å². The van der Waals surface area contributed by atoms with E-state index in [1.165, 1.54) is 30.2 Å². The fourth-order valence-electron chi connectivity index (χ4n) is 2.46. The molecule has 0 aliphatic rings. The van der Waals surface area contributed by atoms with E-state index in [-0.39, 0.29) is 24.4 Å². The number of nitrogens with two attached hydrogens (primary N) is 1. The van der Waals surface area contributed by atoms with Crippen molar-refractivity contribution in [2.75, 3.05) is 11.5 Å². The summed E-state index contributed by atoms with van der Waals surface area (Å²) < 4.78 is 40.4. The van der Waals surface area contributed by atoms with Crippen molar-refractivity contribution in [1.29, 1.82) is 0 Å². The Labute approximate surface area is 193 Å². The van der Waals surface area contributed by atoms with E-state index in [0.717, 1.165) is 0 Å². The van der Waals surface area contributed by atoms with Crippen LogP contribution >= 0.6 is 35.0 Å². The molecule has 2 rings (SSSR count). The molecule has 0 fully saturated rings. The molecule has 2 unspecified atom stereocenters. The lowest BCUT2D eigenvalue weighted by Gasteiger charge is -2.19. The average Bonchev–Trinajstić information content (AvgIpc) is 2.71. The Morgan fingerprint density at radius 2 is 1.74 bits per heavy atom. The molecular weight excluding hydrogens is 474 g/mol. The molecule has 1 aromatic heterocycles. The number of hydrogen-bond acceptors (Lipinski definition) is 5. The summed E-state index contributed by atoms with van der Waals surface area (Å²) in [5.41, 5.74) is 6.42. The first-order chi connectivity index (χ1) is 14.6. The number of aliphatic carboxylic acids is 1. The lowest BCUT2D eigenvalue weighted by atomic mass is 10.0. The van der Waals surface area contributed by atoms with Crippen molar-refractivity contribution in [3.63, 3.8) is 0 Å². The van der Waals surface area contributed by atoms with E-state index in [1.54, 1.807) is 12.1 Å². The number of rotatable bonds is 9. The van der Waals surface area contributed by atoms with Gasteiger partial charge in [-0.05, 0) is 36.5 Å². The molecule has 3 N–H and O–H groups in total. The largest absolute Gasteiger partial charge is 0.480 e. The molecule has 0 bridgehead atoms. The van der Waals surface area contributed by atoms with E-state index in [1.807, 2.05) is 13.8 Å². The summed E-state index contributed by atoms with van der Waals surface area (Å²) in [5.74, 6) is -2.75. The zero-order chi connectivity index (χ0) is 23.6. The van der Waals surface area contributed by atoms with Crippen LogP contribution in [0.3, 0.4) is 0 Å². The molecular formula is C20H24Cl2F3N3O2S. The van der Waals surface area contributed by atoms with Crippen LogP contribution < -0.4 is 5.73 Å². The standard InChI is InChI=1S/C18H18Cl2F3N3O2S.C2H6/c19-11-1-2-12(14(20)7-11)10-8-25-16(26-9-10)13(18(21,22)23)3-5-29-6-4-15(24)17(27)28;1-2/h1-2,7-9,13,15H,3-6,24H2,(H,27,28);1-2H3. The van der Waals surface area contributed by atoms with Crippen LogP contribution in [0.15, 0.2) is 30.6 Å². The number of halogens is 5. The third-order valence-corrected chi connectivity index (χ3v) is 5.66. The van der Waals surface area contributed by atoms with Crippen LogP contribution in [0, 0.1) is 0 Å². The summed E-state index contributed by atoms with van der Waals surface area (Å²) in [5, 5.41) is 9.49. The minimum Gasteiger partial charge on any atom is -0.480 e. The first-order valence-corrected chi connectivity index (χ1v) is 11.4. The molecule has 0 saturated carbocycles. The topological polar surface area (TPSA) is 89.1 Å². The van der Waals surface area contributed by atoms with Gasteiger partial charge in [0.05, 0.1) is 0 Å².